The molecule has 0 radical (unpaired) electrons. The number of likely N-dealkylation sites (tertiary alicyclic amines) is 1. The van der Waals surface area contributed by atoms with Gasteiger partial charge in [-0.2, -0.15) is 0 Å². The Bertz CT molecular complexity index is 1390. The standard InChI is InChI=1S/C29H28N2O5/c1-30-14-13-28-20-16-9-10-18(34-2)23(20)36-26(28)29(35-3)12-11-27(28,19(30)15-16)21-22(29)25(33)31(24(21)32)17-7-5-4-6-8-17/h4-12,19,21-22,26H,13-15H2,1-3H3/t19?,21?,22?,26-,27?,28?,29?/m1/s1. The molecule has 0 N–H and O–H groups in total. The highest BCUT2D eigenvalue weighted by Gasteiger charge is 2.86. The van der Waals surface area contributed by atoms with Crippen LogP contribution in [0.4, 0.5) is 5.69 Å². The van der Waals surface area contributed by atoms with Crippen molar-refractivity contribution >= 4 is 17.5 Å². The first-order valence-corrected chi connectivity index (χ1v) is 12.7. The van der Waals surface area contributed by atoms with Gasteiger partial charge in [-0.3, -0.25) is 9.59 Å². The van der Waals surface area contributed by atoms with E-state index >= 15 is 0 Å². The predicted molar refractivity (Wildman–Crippen MR) is 131 cm³/mol. The fraction of sp³-hybridized carbons (Fsp3) is 0.448. The van der Waals surface area contributed by atoms with Gasteiger partial charge in [0, 0.05) is 24.1 Å². The van der Waals surface area contributed by atoms with E-state index in [1.807, 2.05) is 36.4 Å². The number of anilines is 1. The van der Waals surface area contributed by atoms with Gasteiger partial charge in [0.25, 0.3) is 0 Å². The highest BCUT2D eigenvalue weighted by atomic mass is 16.6. The molecular formula is C29H28N2O5. The lowest BCUT2D eigenvalue weighted by atomic mass is 9.34. The van der Waals surface area contributed by atoms with E-state index in [1.165, 1.54) is 16.0 Å². The number of ether oxygens (including phenoxy) is 3. The van der Waals surface area contributed by atoms with E-state index in [9.17, 15) is 9.59 Å². The summed E-state index contributed by atoms with van der Waals surface area (Å²) in [5, 5.41) is 0. The minimum absolute atomic E-state index is 0.0653. The molecule has 7 heteroatoms. The third-order valence-corrected chi connectivity index (χ3v) is 10.4. The average Bonchev–Trinajstić information content (AvgIpc) is 3.41. The first kappa shape index (κ1) is 21.0. The number of rotatable bonds is 3. The first-order valence-electron chi connectivity index (χ1n) is 12.7. The van der Waals surface area contributed by atoms with Crippen LogP contribution in [0.15, 0.2) is 54.6 Å². The Balaban J connectivity index is 1.46. The zero-order valence-corrected chi connectivity index (χ0v) is 20.6. The van der Waals surface area contributed by atoms with Crippen molar-refractivity contribution in [3.05, 3.63) is 65.7 Å². The molecule has 3 aliphatic heterocycles. The van der Waals surface area contributed by atoms with Crippen LogP contribution in [-0.2, 0) is 26.2 Å². The molecule has 2 spiro atoms. The molecule has 184 valence electrons. The lowest BCUT2D eigenvalue weighted by molar-refractivity contribution is -0.229. The van der Waals surface area contributed by atoms with Crippen LogP contribution in [0.1, 0.15) is 17.5 Å². The van der Waals surface area contributed by atoms with E-state index in [0.29, 0.717) is 11.4 Å². The van der Waals surface area contributed by atoms with Gasteiger partial charge in [-0.05, 0) is 50.2 Å². The van der Waals surface area contributed by atoms with E-state index in [1.54, 1.807) is 14.2 Å². The SMILES string of the molecule is COc1ccc2c3c1O[C@H]1C4(OC)C=CC5(C6C(=O)N(c7ccccc7)C(=O)C64)C(C2)N(C)CCC315. The molecule has 9 rings (SSSR count). The van der Waals surface area contributed by atoms with Gasteiger partial charge in [-0.1, -0.05) is 36.4 Å². The second-order valence-electron chi connectivity index (χ2n) is 11.2. The lowest BCUT2D eigenvalue weighted by Gasteiger charge is -2.71. The number of hydrogen-bond donors (Lipinski definition) is 0. The van der Waals surface area contributed by atoms with Gasteiger partial charge in [0.15, 0.2) is 11.5 Å². The number of hydrogen-bond acceptors (Lipinski definition) is 6. The quantitative estimate of drug-likeness (QED) is 0.493. The monoisotopic (exact) mass is 484 g/mol. The second-order valence-corrected chi connectivity index (χ2v) is 11.2. The van der Waals surface area contributed by atoms with E-state index < -0.39 is 34.4 Å². The number of carbonyl (C=O) groups excluding carboxylic acids is 2. The van der Waals surface area contributed by atoms with Gasteiger partial charge in [0.1, 0.15) is 11.7 Å². The summed E-state index contributed by atoms with van der Waals surface area (Å²) in [6.45, 7) is 0.887. The number of piperidine rings is 1. The average molecular weight is 485 g/mol. The molecule has 36 heavy (non-hydrogen) atoms. The maximum absolute atomic E-state index is 14.5. The number of nitrogens with zero attached hydrogens (tertiary/aromatic N) is 2. The van der Waals surface area contributed by atoms with Crippen molar-refractivity contribution in [1.29, 1.82) is 0 Å². The number of methoxy groups -OCH3 is 2. The number of carbonyl (C=O) groups is 2. The van der Waals surface area contributed by atoms with Crippen LogP contribution >= 0.6 is 0 Å². The smallest absolute Gasteiger partial charge is 0.241 e. The van der Waals surface area contributed by atoms with Gasteiger partial charge < -0.3 is 19.1 Å². The Hall–Kier alpha value is -3.16. The van der Waals surface area contributed by atoms with Crippen LogP contribution in [-0.4, -0.2) is 62.3 Å². The molecular weight excluding hydrogens is 456 g/mol. The fourth-order valence-electron chi connectivity index (χ4n) is 9.20. The van der Waals surface area contributed by atoms with Crippen molar-refractivity contribution in [2.24, 2.45) is 17.3 Å². The summed E-state index contributed by atoms with van der Waals surface area (Å²) in [5.74, 6) is -0.0569. The normalized spacial score (nSPS) is 40.8. The van der Waals surface area contributed by atoms with Crippen molar-refractivity contribution in [1.82, 2.24) is 4.90 Å². The highest BCUT2D eigenvalue weighted by Crippen LogP contribution is 2.77. The summed E-state index contributed by atoms with van der Waals surface area (Å²) in [6.07, 6.45) is 5.50. The second kappa shape index (κ2) is 6.39. The van der Waals surface area contributed by atoms with Crippen molar-refractivity contribution in [2.75, 3.05) is 32.7 Å². The van der Waals surface area contributed by atoms with Crippen LogP contribution in [0.25, 0.3) is 0 Å². The summed E-state index contributed by atoms with van der Waals surface area (Å²) in [4.78, 5) is 32.5. The number of likely N-dealkylation sites (N-methyl/N-ethyl adjacent to an activating group) is 1. The van der Waals surface area contributed by atoms with E-state index in [-0.39, 0.29) is 17.9 Å². The van der Waals surface area contributed by atoms with Crippen LogP contribution < -0.4 is 14.4 Å². The van der Waals surface area contributed by atoms with Crippen molar-refractivity contribution < 1.29 is 23.8 Å². The lowest BCUT2D eigenvalue weighted by Crippen LogP contribution is -2.82. The zero-order chi connectivity index (χ0) is 24.6. The summed E-state index contributed by atoms with van der Waals surface area (Å²) in [5.41, 5.74) is 0.911. The highest BCUT2D eigenvalue weighted by molar-refractivity contribution is 6.23. The summed E-state index contributed by atoms with van der Waals surface area (Å²) < 4.78 is 19.0. The number of amides is 2. The number of para-hydroxylation sites is 1. The topological polar surface area (TPSA) is 68.3 Å². The number of imide groups is 1. The molecule has 3 heterocycles. The molecule has 6 unspecified atom stereocenters. The molecule has 3 fully saturated rings. The summed E-state index contributed by atoms with van der Waals surface area (Å²) >= 11 is 0. The molecule has 7 nitrogen and oxygen atoms in total. The Morgan fingerprint density at radius 3 is 2.53 bits per heavy atom. The van der Waals surface area contributed by atoms with Gasteiger partial charge >= 0.3 is 0 Å². The van der Waals surface area contributed by atoms with E-state index in [4.69, 9.17) is 14.2 Å². The van der Waals surface area contributed by atoms with Gasteiger partial charge in [0.2, 0.25) is 11.8 Å². The van der Waals surface area contributed by atoms with Gasteiger partial charge in [0.05, 0.1) is 30.0 Å². The predicted octanol–water partition coefficient (Wildman–Crippen LogP) is 2.72. The first-order chi connectivity index (χ1) is 17.5. The molecule has 0 aromatic heterocycles. The van der Waals surface area contributed by atoms with Crippen molar-refractivity contribution in [2.45, 2.75) is 36.0 Å². The van der Waals surface area contributed by atoms with Crippen molar-refractivity contribution in [3.8, 4) is 11.5 Å². The molecule has 2 saturated heterocycles. The largest absolute Gasteiger partial charge is 0.493 e. The molecule has 2 amide bonds. The Kier molecular flexibility index (Phi) is 3.72. The minimum atomic E-state index is -1.05. The molecule has 4 aliphatic carbocycles. The molecule has 2 aromatic rings. The molecule has 4 bridgehead atoms. The van der Waals surface area contributed by atoms with E-state index in [0.717, 1.165) is 25.1 Å². The Morgan fingerprint density at radius 2 is 1.78 bits per heavy atom. The van der Waals surface area contributed by atoms with Gasteiger partial charge in [-0.25, -0.2) is 4.90 Å². The zero-order valence-electron chi connectivity index (χ0n) is 20.6. The molecule has 7 aliphatic rings. The minimum Gasteiger partial charge on any atom is -0.493 e. The van der Waals surface area contributed by atoms with Crippen LogP contribution in [0.5, 0.6) is 11.5 Å². The third-order valence-electron chi connectivity index (χ3n) is 10.4. The molecule has 2 aromatic carbocycles. The van der Waals surface area contributed by atoms with Crippen LogP contribution in [0, 0.1) is 17.3 Å². The van der Waals surface area contributed by atoms with E-state index in [2.05, 4.69) is 30.2 Å². The Labute approximate surface area is 209 Å². The fourth-order valence-corrected chi connectivity index (χ4v) is 9.20. The summed E-state index contributed by atoms with van der Waals surface area (Å²) in [7, 11) is 5.47. The molecule has 1 saturated carbocycles. The third kappa shape index (κ3) is 1.88. The molecule has 7 atom stereocenters. The maximum Gasteiger partial charge on any atom is 0.241 e. The van der Waals surface area contributed by atoms with Crippen LogP contribution in [0.2, 0.25) is 0 Å². The number of benzene rings is 2. The Morgan fingerprint density at radius 1 is 1.00 bits per heavy atom. The van der Waals surface area contributed by atoms with Gasteiger partial charge in [-0.15, -0.1) is 0 Å². The van der Waals surface area contributed by atoms with Crippen LogP contribution in [0.3, 0.4) is 0 Å². The van der Waals surface area contributed by atoms with Crippen molar-refractivity contribution in [3.63, 3.8) is 0 Å². The summed E-state index contributed by atoms with van der Waals surface area (Å²) in [6, 6.07) is 13.5. The maximum atomic E-state index is 14.5.